The van der Waals surface area contributed by atoms with Gasteiger partial charge in [-0.2, -0.15) is 0 Å². The molecule has 37 nitrogen and oxygen atoms in total. The van der Waals surface area contributed by atoms with Crippen LogP contribution in [0.5, 0.6) is 0 Å². The van der Waals surface area contributed by atoms with Crippen LogP contribution in [0.3, 0.4) is 0 Å². The minimum absolute atomic E-state index is 0.0305. The normalized spacial score (nSPS) is 27.3. The SMILES string of the molecule is CC1COCCOCCOCC(C)OCCOCCO1.CC1OCCOCCOC(C)C(C)OCCOCCOC1C.CN1CCOCCOCCCCCOCCOCC1.CN1CCOCCOCCN(C)CCOCCOCC1.CN1CCOCCOCCOCCOCCOCCOCCOCCOCCOCCOCCOCCOCCOCC1. The zero-order valence-electron chi connectivity index (χ0n) is 78.9. The summed E-state index contributed by atoms with van der Waals surface area (Å²) in [4.78, 5) is 8.80. The molecule has 5 aliphatic heterocycles. The van der Waals surface area contributed by atoms with Gasteiger partial charge in [0.05, 0.1) is 420 Å². The molecule has 0 aliphatic carbocycles. The molecular formula is C87H178N4O33. The van der Waals surface area contributed by atoms with E-state index in [0.717, 1.165) is 124 Å². The van der Waals surface area contributed by atoms with Crippen LogP contribution < -0.4 is 0 Å². The van der Waals surface area contributed by atoms with Crippen molar-refractivity contribution in [1.29, 1.82) is 0 Å². The van der Waals surface area contributed by atoms with E-state index in [-0.39, 0.29) is 36.6 Å². The summed E-state index contributed by atoms with van der Waals surface area (Å²) < 4.78 is 182. The van der Waals surface area contributed by atoms with Gasteiger partial charge in [-0.15, -0.1) is 0 Å². The maximum absolute atomic E-state index is 5.69. The smallest absolute Gasteiger partial charge is 0.0807 e. The maximum Gasteiger partial charge on any atom is 0.0807 e. The first kappa shape index (κ1) is 121. The molecule has 6 unspecified atom stereocenters. The van der Waals surface area contributed by atoms with Gasteiger partial charge in [0.25, 0.3) is 0 Å². The molecule has 0 bridgehead atoms. The summed E-state index contributed by atoms with van der Waals surface area (Å²) in [5.41, 5.74) is 0. The maximum atomic E-state index is 5.69. The van der Waals surface area contributed by atoms with Crippen LogP contribution in [0.2, 0.25) is 0 Å². The number of likely N-dealkylation sites (N-methyl/N-ethyl adjacent to an activating group) is 4. The van der Waals surface area contributed by atoms with Crippen molar-refractivity contribution in [1.82, 2.24) is 19.6 Å². The third-order valence-corrected chi connectivity index (χ3v) is 18.4. The minimum Gasteiger partial charge on any atom is -0.379 e. The van der Waals surface area contributed by atoms with E-state index in [2.05, 4.69) is 40.7 Å². The average molecular weight is 1810 g/mol. The first-order valence-corrected chi connectivity index (χ1v) is 46.0. The summed E-state index contributed by atoms with van der Waals surface area (Å²) in [5.74, 6) is 0. The van der Waals surface area contributed by atoms with Crippen LogP contribution in [0, 0.1) is 0 Å². The second-order valence-corrected chi connectivity index (χ2v) is 29.4. The molecule has 5 fully saturated rings. The Morgan fingerprint density at radius 2 is 0.250 bits per heavy atom. The molecule has 744 valence electrons. The number of hydrogen-bond donors (Lipinski definition) is 0. The van der Waals surface area contributed by atoms with Gasteiger partial charge in [0.1, 0.15) is 0 Å². The lowest BCUT2D eigenvalue weighted by atomic mass is 10.2. The van der Waals surface area contributed by atoms with Crippen molar-refractivity contribution in [2.24, 2.45) is 0 Å². The van der Waals surface area contributed by atoms with Crippen molar-refractivity contribution in [3.8, 4) is 0 Å². The van der Waals surface area contributed by atoms with E-state index in [4.69, 9.17) is 156 Å². The highest BCUT2D eigenvalue weighted by atomic mass is 16.6. The predicted molar refractivity (Wildman–Crippen MR) is 468 cm³/mol. The minimum atomic E-state index is 0.0305. The lowest BCUT2D eigenvalue weighted by Gasteiger charge is -2.23. The molecule has 0 radical (unpaired) electrons. The summed E-state index contributed by atoms with van der Waals surface area (Å²) in [7, 11) is 8.28. The highest BCUT2D eigenvalue weighted by Crippen LogP contribution is 2.07. The third-order valence-electron chi connectivity index (χ3n) is 18.4. The molecule has 0 aromatic rings. The second-order valence-electron chi connectivity index (χ2n) is 29.4. The molecule has 6 atom stereocenters. The molecule has 5 aliphatic rings. The summed E-state index contributed by atoms with van der Waals surface area (Å²) >= 11 is 0. The number of nitrogens with zero attached hydrogens (tertiary/aromatic N) is 4. The first-order chi connectivity index (χ1) is 61.0. The molecule has 0 saturated carbocycles. The molecule has 0 aromatic carbocycles. The summed E-state index contributed by atoms with van der Waals surface area (Å²) in [6.07, 6.45) is 3.61. The van der Waals surface area contributed by atoms with Crippen LogP contribution in [-0.2, 0) is 156 Å². The van der Waals surface area contributed by atoms with Gasteiger partial charge < -0.3 is 176 Å². The molecule has 5 heterocycles. The van der Waals surface area contributed by atoms with Crippen LogP contribution in [-0.4, -0.2) is 533 Å². The Morgan fingerprint density at radius 3 is 0.411 bits per heavy atom. The highest BCUT2D eigenvalue weighted by molar-refractivity contribution is 4.63. The number of hydrogen-bond acceptors (Lipinski definition) is 37. The fraction of sp³-hybridized carbons (Fsp3) is 1.00. The van der Waals surface area contributed by atoms with Crippen molar-refractivity contribution >= 4 is 0 Å². The Balaban J connectivity index is 0.000000814. The van der Waals surface area contributed by atoms with E-state index in [1.165, 1.54) is 0 Å². The molecule has 0 aromatic heterocycles. The van der Waals surface area contributed by atoms with Crippen molar-refractivity contribution in [3.63, 3.8) is 0 Å². The van der Waals surface area contributed by atoms with Gasteiger partial charge in [-0.1, -0.05) is 0 Å². The predicted octanol–water partition coefficient (Wildman–Crippen LogP) is 3.78. The molecule has 0 N–H and O–H groups in total. The van der Waals surface area contributed by atoms with E-state index >= 15 is 0 Å². The topological polar surface area (TPSA) is 318 Å². The second kappa shape index (κ2) is 101. The third kappa shape index (κ3) is 95.1. The Labute approximate surface area is 747 Å². The van der Waals surface area contributed by atoms with Crippen molar-refractivity contribution in [2.75, 3.05) is 477 Å². The molecule has 5 saturated heterocycles. The lowest BCUT2D eigenvalue weighted by molar-refractivity contribution is -0.102. The fourth-order valence-electron chi connectivity index (χ4n) is 10.4. The quantitative estimate of drug-likeness (QED) is 0.333. The van der Waals surface area contributed by atoms with Gasteiger partial charge >= 0.3 is 0 Å². The Bertz CT molecular complexity index is 1850. The summed E-state index contributed by atoms with van der Waals surface area (Å²) in [6.45, 7) is 54.8. The molecular weight excluding hydrogens is 1630 g/mol. The molecule has 0 spiro atoms. The van der Waals surface area contributed by atoms with Gasteiger partial charge in [-0.3, -0.25) is 0 Å². The van der Waals surface area contributed by atoms with Crippen molar-refractivity contribution < 1.29 is 156 Å². The molecule has 124 heavy (non-hydrogen) atoms. The van der Waals surface area contributed by atoms with Crippen LogP contribution in [0.4, 0.5) is 0 Å². The molecule has 5 rings (SSSR count). The van der Waals surface area contributed by atoms with Crippen LogP contribution >= 0.6 is 0 Å². The standard InChI is InChI=1S/C29H59NO13.C16H32O6.C14H30N2O4.C14H29NO4.C14H28O6/c1-30-2-4-31-6-8-33-10-12-35-14-16-37-18-20-39-22-24-41-26-28-43-29-27-42-25-23-40-21-19-38-17-15-36-13-11-34-9-7-32-5-3-30;1-13-14(2)20-10-6-18-8-12-22-16(4)15(3)21-11-7-17-5-9-19-13;1-15-3-7-17-11-13-19-9-5-16(2)6-10-20-14-12-18-8-4-15;1-15-5-9-18-13-11-16-7-3-2-4-8-17-12-14-19-10-6-15;1-13-11-17-5-3-15-4-6-18-12-14(2)20-10-8-16-7-9-19-13/h2-29H2,1H3;13-16H,5-12H2,1-4H3;3-14H2,1-2H3;2-14H2,1H3;13-14H,3-12H2,1-2H3. The van der Waals surface area contributed by atoms with Gasteiger partial charge in [-0.25, -0.2) is 0 Å². The Morgan fingerprint density at radius 1 is 0.129 bits per heavy atom. The summed E-state index contributed by atoms with van der Waals surface area (Å²) in [6, 6.07) is 0. The Hall–Kier alpha value is -1.48. The lowest BCUT2D eigenvalue weighted by Crippen LogP contribution is -2.30. The molecule has 37 heteroatoms. The largest absolute Gasteiger partial charge is 0.379 e. The van der Waals surface area contributed by atoms with E-state index < -0.39 is 0 Å². The average Bonchev–Trinajstić information content (AvgIpc) is 0.967. The number of rotatable bonds is 0. The van der Waals surface area contributed by atoms with E-state index in [1.54, 1.807) is 0 Å². The Kier molecular flexibility index (Phi) is 97.7. The van der Waals surface area contributed by atoms with E-state index in [0.29, 0.717) is 344 Å². The van der Waals surface area contributed by atoms with Gasteiger partial charge in [0.15, 0.2) is 0 Å². The van der Waals surface area contributed by atoms with Crippen LogP contribution in [0.1, 0.15) is 60.8 Å². The first-order valence-electron chi connectivity index (χ1n) is 46.0. The van der Waals surface area contributed by atoms with Crippen LogP contribution in [0.25, 0.3) is 0 Å². The van der Waals surface area contributed by atoms with Crippen molar-refractivity contribution in [2.45, 2.75) is 97.4 Å². The zero-order valence-corrected chi connectivity index (χ0v) is 78.9. The number of ether oxygens (including phenoxy) is 33. The van der Waals surface area contributed by atoms with E-state index in [9.17, 15) is 0 Å². The zero-order chi connectivity index (χ0) is 89.3. The van der Waals surface area contributed by atoms with Gasteiger partial charge in [0, 0.05) is 65.6 Å². The van der Waals surface area contributed by atoms with Gasteiger partial charge in [0.2, 0.25) is 0 Å². The molecule has 0 amide bonds. The summed E-state index contributed by atoms with van der Waals surface area (Å²) in [5, 5.41) is 0. The monoisotopic (exact) mass is 1810 g/mol. The van der Waals surface area contributed by atoms with Crippen molar-refractivity contribution in [3.05, 3.63) is 0 Å². The highest BCUT2D eigenvalue weighted by Gasteiger charge is 2.17. The van der Waals surface area contributed by atoms with Gasteiger partial charge in [-0.05, 0) is 89.0 Å². The van der Waals surface area contributed by atoms with Crippen LogP contribution in [0.15, 0.2) is 0 Å². The fourth-order valence-corrected chi connectivity index (χ4v) is 10.4. The van der Waals surface area contributed by atoms with E-state index in [1.807, 2.05) is 48.6 Å².